The summed E-state index contributed by atoms with van der Waals surface area (Å²) in [4.78, 5) is 0.271. The summed E-state index contributed by atoms with van der Waals surface area (Å²) in [5.74, 6) is 1.53. The summed E-state index contributed by atoms with van der Waals surface area (Å²) in [6.45, 7) is 9.28. The Hall–Kier alpha value is -0.870. The van der Waals surface area contributed by atoms with Crippen LogP contribution in [-0.2, 0) is 20.7 Å². The molecule has 0 spiro atoms. The Morgan fingerprint density at radius 3 is 1.75 bits per heavy atom. The first-order valence-corrected chi connectivity index (χ1v) is 12.7. The van der Waals surface area contributed by atoms with E-state index in [1.54, 1.807) is 12.1 Å². The molecule has 0 aliphatic rings. The maximum Gasteiger partial charge on any atom is 0.296 e. The zero-order chi connectivity index (χ0) is 20.8. The lowest BCUT2D eigenvalue weighted by Crippen LogP contribution is -2.07. The van der Waals surface area contributed by atoms with E-state index in [9.17, 15) is 8.42 Å². The van der Waals surface area contributed by atoms with Gasteiger partial charge in [0.2, 0.25) is 0 Å². The molecule has 0 heterocycles. The van der Waals surface area contributed by atoms with E-state index in [0.29, 0.717) is 0 Å². The van der Waals surface area contributed by atoms with Crippen LogP contribution in [0.25, 0.3) is 0 Å². The first kappa shape index (κ1) is 25.2. The Morgan fingerprint density at radius 2 is 1.21 bits per heavy atom. The smallest absolute Gasteiger partial charge is 0.266 e. The first-order chi connectivity index (χ1) is 13.3. The lowest BCUT2D eigenvalue weighted by molar-refractivity contribution is 0.305. The Bertz CT molecular complexity index is 603. The van der Waals surface area contributed by atoms with Gasteiger partial charge < -0.3 is 0 Å². The monoisotopic (exact) mass is 410 g/mol. The molecular formula is C24H42O3S. The molecule has 0 aliphatic carbocycles. The van der Waals surface area contributed by atoms with E-state index in [-0.39, 0.29) is 11.5 Å². The Balaban J connectivity index is 2.25. The summed E-state index contributed by atoms with van der Waals surface area (Å²) >= 11 is 0. The van der Waals surface area contributed by atoms with Gasteiger partial charge in [0.1, 0.15) is 0 Å². The van der Waals surface area contributed by atoms with Crippen LogP contribution in [0.2, 0.25) is 0 Å². The van der Waals surface area contributed by atoms with Crippen molar-refractivity contribution in [2.45, 2.75) is 103 Å². The molecule has 1 aromatic rings. The predicted octanol–water partition coefficient (Wildman–Crippen LogP) is 7.15. The van der Waals surface area contributed by atoms with Gasteiger partial charge in [0.25, 0.3) is 10.1 Å². The van der Waals surface area contributed by atoms with Crippen molar-refractivity contribution >= 4 is 10.1 Å². The molecule has 0 aliphatic heterocycles. The number of unbranched alkanes of at least 4 members (excludes halogenated alkanes) is 6. The third-order valence-corrected chi connectivity index (χ3v) is 6.45. The lowest BCUT2D eigenvalue weighted by atomic mass is 10.0. The Kier molecular flexibility index (Phi) is 12.7. The van der Waals surface area contributed by atoms with Gasteiger partial charge in [-0.2, -0.15) is 8.42 Å². The standard InChI is InChI=1S/C24H42O3S/c1-21(2)13-9-5-6-11-15-23-16-18-24(19-17-23)28(25,26)27-20-12-8-7-10-14-22(3)4/h16-19,21-22H,5-15,20H2,1-4H3. The second-order valence-electron chi connectivity index (χ2n) is 8.86. The van der Waals surface area contributed by atoms with Crippen LogP contribution in [0, 0.1) is 11.8 Å². The van der Waals surface area contributed by atoms with Gasteiger partial charge in [0.15, 0.2) is 0 Å². The van der Waals surface area contributed by atoms with Gasteiger partial charge in [-0.05, 0) is 48.8 Å². The highest BCUT2D eigenvalue weighted by molar-refractivity contribution is 7.86. The second-order valence-corrected chi connectivity index (χ2v) is 10.5. The van der Waals surface area contributed by atoms with Crippen LogP contribution in [0.1, 0.15) is 97.5 Å². The van der Waals surface area contributed by atoms with Crippen LogP contribution in [-0.4, -0.2) is 15.0 Å². The molecule has 4 heteroatoms. The van der Waals surface area contributed by atoms with Gasteiger partial charge in [0.05, 0.1) is 11.5 Å². The van der Waals surface area contributed by atoms with Gasteiger partial charge in [-0.15, -0.1) is 0 Å². The minimum atomic E-state index is -3.62. The van der Waals surface area contributed by atoms with E-state index in [0.717, 1.165) is 43.9 Å². The molecule has 28 heavy (non-hydrogen) atoms. The minimum Gasteiger partial charge on any atom is -0.266 e. The van der Waals surface area contributed by atoms with E-state index < -0.39 is 10.1 Å². The van der Waals surface area contributed by atoms with E-state index in [4.69, 9.17) is 4.18 Å². The van der Waals surface area contributed by atoms with Crippen molar-refractivity contribution in [3.8, 4) is 0 Å². The van der Waals surface area contributed by atoms with Gasteiger partial charge in [0, 0.05) is 0 Å². The van der Waals surface area contributed by atoms with Crippen LogP contribution >= 0.6 is 0 Å². The molecule has 0 saturated heterocycles. The fraction of sp³-hybridized carbons (Fsp3) is 0.750. The van der Waals surface area contributed by atoms with Crippen LogP contribution in [0.4, 0.5) is 0 Å². The highest BCUT2D eigenvalue weighted by Gasteiger charge is 2.14. The van der Waals surface area contributed by atoms with Crippen molar-refractivity contribution in [1.29, 1.82) is 0 Å². The number of benzene rings is 1. The number of hydrogen-bond donors (Lipinski definition) is 0. The topological polar surface area (TPSA) is 43.4 Å². The van der Waals surface area contributed by atoms with Gasteiger partial charge in [-0.25, -0.2) is 0 Å². The first-order valence-electron chi connectivity index (χ1n) is 11.3. The van der Waals surface area contributed by atoms with Crippen LogP contribution in [0.5, 0.6) is 0 Å². The normalized spacial score (nSPS) is 12.2. The van der Waals surface area contributed by atoms with Crippen molar-refractivity contribution < 1.29 is 12.6 Å². The molecule has 0 bridgehead atoms. The van der Waals surface area contributed by atoms with E-state index in [1.165, 1.54) is 44.1 Å². The summed E-state index contributed by atoms with van der Waals surface area (Å²) in [5, 5.41) is 0. The molecule has 0 fully saturated rings. The summed E-state index contributed by atoms with van der Waals surface area (Å²) in [5.41, 5.74) is 1.20. The van der Waals surface area contributed by atoms with E-state index in [2.05, 4.69) is 27.7 Å². The zero-order valence-electron chi connectivity index (χ0n) is 18.6. The molecule has 162 valence electrons. The minimum absolute atomic E-state index is 0.271. The molecule has 0 saturated carbocycles. The molecule has 1 rings (SSSR count). The Morgan fingerprint density at radius 1 is 0.714 bits per heavy atom. The SMILES string of the molecule is CC(C)CCCCCCOS(=O)(=O)c1ccc(CCCCCCC(C)C)cc1. The third kappa shape index (κ3) is 11.9. The van der Waals surface area contributed by atoms with Crippen molar-refractivity contribution in [1.82, 2.24) is 0 Å². The van der Waals surface area contributed by atoms with Crippen molar-refractivity contribution in [3.05, 3.63) is 29.8 Å². The fourth-order valence-corrected chi connectivity index (χ4v) is 4.25. The van der Waals surface area contributed by atoms with Gasteiger partial charge in [-0.1, -0.05) is 91.2 Å². The van der Waals surface area contributed by atoms with E-state index >= 15 is 0 Å². The van der Waals surface area contributed by atoms with Gasteiger partial charge >= 0.3 is 0 Å². The molecule has 0 N–H and O–H groups in total. The molecular weight excluding hydrogens is 368 g/mol. The van der Waals surface area contributed by atoms with Crippen LogP contribution in [0.15, 0.2) is 29.2 Å². The van der Waals surface area contributed by atoms with Gasteiger partial charge in [-0.3, -0.25) is 4.18 Å². The summed E-state index contributed by atoms with van der Waals surface area (Å²) in [6.07, 6.45) is 12.7. The summed E-state index contributed by atoms with van der Waals surface area (Å²) in [7, 11) is -3.62. The predicted molar refractivity (Wildman–Crippen MR) is 119 cm³/mol. The highest BCUT2D eigenvalue weighted by atomic mass is 32.2. The Labute approximate surface area is 174 Å². The third-order valence-electron chi connectivity index (χ3n) is 5.12. The van der Waals surface area contributed by atoms with E-state index in [1.807, 2.05) is 12.1 Å². The average molecular weight is 411 g/mol. The van der Waals surface area contributed by atoms with Crippen molar-refractivity contribution in [2.24, 2.45) is 11.8 Å². The molecule has 0 amide bonds. The summed E-state index contributed by atoms with van der Waals surface area (Å²) < 4.78 is 29.8. The number of rotatable bonds is 16. The molecule has 0 atom stereocenters. The number of hydrogen-bond acceptors (Lipinski definition) is 3. The fourth-order valence-electron chi connectivity index (χ4n) is 3.30. The largest absolute Gasteiger partial charge is 0.296 e. The molecule has 0 unspecified atom stereocenters. The average Bonchev–Trinajstić information content (AvgIpc) is 2.63. The maximum absolute atomic E-state index is 12.3. The maximum atomic E-state index is 12.3. The molecule has 1 aromatic carbocycles. The van der Waals surface area contributed by atoms with Crippen LogP contribution in [0.3, 0.4) is 0 Å². The van der Waals surface area contributed by atoms with Crippen LogP contribution < -0.4 is 0 Å². The molecule has 0 radical (unpaired) electrons. The lowest BCUT2D eigenvalue weighted by Gasteiger charge is -2.08. The van der Waals surface area contributed by atoms with Crippen molar-refractivity contribution in [3.63, 3.8) is 0 Å². The highest BCUT2D eigenvalue weighted by Crippen LogP contribution is 2.17. The summed E-state index contributed by atoms with van der Waals surface area (Å²) in [6, 6.07) is 7.23. The number of aryl methyl sites for hydroxylation is 1. The second kappa shape index (κ2) is 14.2. The molecule has 0 aromatic heterocycles. The quantitative estimate of drug-likeness (QED) is 0.215. The zero-order valence-corrected chi connectivity index (χ0v) is 19.4. The van der Waals surface area contributed by atoms with Crippen molar-refractivity contribution in [2.75, 3.05) is 6.61 Å². The molecule has 3 nitrogen and oxygen atoms in total.